The normalized spacial score (nSPS) is 30.0. The monoisotopic (exact) mass is 382 g/mol. The van der Waals surface area contributed by atoms with E-state index in [-0.39, 0.29) is 0 Å². The Bertz CT molecular complexity index is 1090. The molecule has 4 fully saturated rings. The third kappa shape index (κ3) is 2.80. The zero-order valence-electron chi connectivity index (χ0n) is 16.6. The van der Waals surface area contributed by atoms with Crippen LogP contribution in [0.2, 0.25) is 0 Å². The van der Waals surface area contributed by atoms with Crippen LogP contribution in [0.4, 0.5) is 0 Å². The Balaban J connectivity index is 1.38. The molecule has 7 rings (SSSR count). The predicted octanol–water partition coefficient (Wildman–Crippen LogP) is 6.67. The van der Waals surface area contributed by atoms with Crippen LogP contribution in [-0.2, 0) is 5.41 Å². The van der Waals surface area contributed by atoms with E-state index >= 15 is 0 Å². The maximum Gasteiger partial charge on any atom is 0.335 e. The largest absolute Gasteiger partial charge is 0.478 e. The number of hydrogen-bond acceptors (Lipinski definition) is 1. The molecule has 4 aliphatic carbocycles. The standard InChI is InChI=1S/C27H26O2/c28-26(29)24-7-6-22-11-21(4-5-23(22)12-24)20-2-1-3-25(13-20)27-14-17-8-18(15-27)10-19(9-17)16-27/h1-7,11-13,17-19H,8-10,14-16H2,(H,28,29). The van der Waals surface area contributed by atoms with Crippen LogP contribution < -0.4 is 0 Å². The third-order valence-corrected chi connectivity index (χ3v) is 7.93. The fraction of sp³-hybridized carbons (Fsp3) is 0.370. The van der Waals surface area contributed by atoms with Crippen LogP contribution in [-0.4, -0.2) is 11.1 Å². The molecule has 0 aliphatic heterocycles. The Morgan fingerprint density at radius 3 is 2.07 bits per heavy atom. The Morgan fingerprint density at radius 1 is 0.759 bits per heavy atom. The van der Waals surface area contributed by atoms with Crippen molar-refractivity contribution in [1.29, 1.82) is 0 Å². The summed E-state index contributed by atoms with van der Waals surface area (Å²) in [5, 5.41) is 11.3. The molecule has 4 aliphatic rings. The lowest BCUT2D eigenvalue weighted by molar-refractivity contribution is -0.00517. The molecule has 4 saturated carbocycles. The number of benzene rings is 3. The molecule has 3 aromatic carbocycles. The van der Waals surface area contributed by atoms with Crippen molar-refractivity contribution in [3.8, 4) is 11.1 Å². The van der Waals surface area contributed by atoms with Crippen molar-refractivity contribution in [2.45, 2.75) is 43.9 Å². The second-order valence-corrected chi connectivity index (χ2v) is 9.86. The molecular weight excluding hydrogens is 356 g/mol. The third-order valence-electron chi connectivity index (χ3n) is 7.93. The molecule has 4 bridgehead atoms. The lowest BCUT2D eigenvalue weighted by Crippen LogP contribution is -2.48. The molecule has 0 spiro atoms. The molecule has 1 N–H and O–H groups in total. The van der Waals surface area contributed by atoms with E-state index < -0.39 is 5.97 Å². The zero-order valence-corrected chi connectivity index (χ0v) is 16.6. The predicted molar refractivity (Wildman–Crippen MR) is 116 cm³/mol. The van der Waals surface area contributed by atoms with Crippen LogP contribution in [0.1, 0.15) is 54.4 Å². The van der Waals surface area contributed by atoms with Gasteiger partial charge in [-0.05, 0) is 107 Å². The van der Waals surface area contributed by atoms with Crippen molar-refractivity contribution >= 4 is 16.7 Å². The van der Waals surface area contributed by atoms with Crippen LogP contribution in [0.15, 0.2) is 60.7 Å². The first-order valence-electron chi connectivity index (χ1n) is 11.0. The Morgan fingerprint density at radius 2 is 1.38 bits per heavy atom. The molecule has 2 heteroatoms. The summed E-state index contributed by atoms with van der Waals surface area (Å²) >= 11 is 0. The minimum atomic E-state index is -0.876. The molecule has 0 radical (unpaired) electrons. The molecule has 2 nitrogen and oxygen atoms in total. The topological polar surface area (TPSA) is 37.3 Å². The summed E-state index contributed by atoms with van der Waals surface area (Å²) in [5.41, 5.74) is 4.80. The highest BCUT2D eigenvalue weighted by Crippen LogP contribution is 2.60. The van der Waals surface area contributed by atoms with Gasteiger partial charge in [0, 0.05) is 0 Å². The first kappa shape index (κ1) is 17.3. The molecule has 0 unspecified atom stereocenters. The molecule has 3 aromatic rings. The van der Waals surface area contributed by atoms with Gasteiger partial charge in [0.05, 0.1) is 5.56 Å². The van der Waals surface area contributed by atoms with Gasteiger partial charge in [-0.15, -0.1) is 0 Å². The van der Waals surface area contributed by atoms with Crippen LogP contribution in [0.3, 0.4) is 0 Å². The molecule has 0 amide bonds. The minimum absolute atomic E-state index is 0.342. The number of rotatable bonds is 3. The first-order valence-corrected chi connectivity index (χ1v) is 11.0. The highest BCUT2D eigenvalue weighted by molar-refractivity contribution is 5.95. The van der Waals surface area contributed by atoms with E-state index in [0.29, 0.717) is 11.0 Å². The maximum atomic E-state index is 11.2. The number of carboxylic acid groups (broad SMARTS) is 1. The maximum absolute atomic E-state index is 11.2. The molecule has 0 aromatic heterocycles. The summed E-state index contributed by atoms with van der Waals surface area (Å²) < 4.78 is 0. The van der Waals surface area contributed by atoms with Gasteiger partial charge in [0.2, 0.25) is 0 Å². The number of hydrogen-bond donors (Lipinski definition) is 1. The average Bonchev–Trinajstić information content (AvgIpc) is 2.72. The van der Waals surface area contributed by atoms with E-state index in [9.17, 15) is 9.90 Å². The van der Waals surface area contributed by atoms with Gasteiger partial charge in [0.25, 0.3) is 0 Å². The average molecular weight is 383 g/mol. The van der Waals surface area contributed by atoms with Gasteiger partial charge in [-0.3, -0.25) is 0 Å². The van der Waals surface area contributed by atoms with Crippen LogP contribution in [0.25, 0.3) is 21.9 Å². The molecule has 146 valence electrons. The minimum Gasteiger partial charge on any atom is -0.478 e. The lowest BCUT2D eigenvalue weighted by atomic mass is 9.48. The van der Waals surface area contributed by atoms with E-state index in [1.807, 2.05) is 6.07 Å². The fourth-order valence-electron chi connectivity index (χ4n) is 7.05. The molecular formula is C27H26O2. The van der Waals surface area contributed by atoms with Crippen molar-refractivity contribution in [3.05, 3.63) is 71.8 Å². The summed E-state index contributed by atoms with van der Waals surface area (Å²) in [6, 6.07) is 21.0. The molecule has 29 heavy (non-hydrogen) atoms. The van der Waals surface area contributed by atoms with E-state index in [0.717, 1.165) is 28.5 Å². The van der Waals surface area contributed by atoms with Gasteiger partial charge in [-0.25, -0.2) is 4.79 Å². The molecule has 0 saturated heterocycles. The Kier molecular flexibility index (Phi) is 3.69. The van der Waals surface area contributed by atoms with Crippen LogP contribution in [0.5, 0.6) is 0 Å². The number of carbonyl (C=O) groups is 1. The van der Waals surface area contributed by atoms with Crippen molar-refractivity contribution in [3.63, 3.8) is 0 Å². The van der Waals surface area contributed by atoms with E-state index in [1.165, 1.54) is 49.7 Å². The smallest absolute Gasteiger partial charge is 0.335 e. The van der Waals surface area contributed by atoms with E-state index in [1.54, 1.807) is 17.7 Å². The van der Waals surface area contributed by atoms with Crippen molar-refractivity contribution in [2.75, 3.05) is 0 Å². The zero-order chi connectivity index (χ0) is 19.6. The summed E-state index contributed by atoms with van der Waals surface area (Å²) in [5.74, 6) is 1.98. The SMILES string of the molecule is O=C(O)c1ccc2cc(-c3cccc(C45CC6CC(CC(C6)C4)C5)c3)ccc2c1. The summed E-state index contributed by atoms with van der Waals surface area (Å²) in [6.07, 6.45) is 8.58. The first-order chi connectivity index (χ1) is 14.1. The van der Waals surface area contributed by atoms with Crippen molar-refractivity contribution in [1.82, 2.24) is 0 Å². The Labute approximate surface area is 171 Å². The second kappa shape index (κ2) is 6.19. The van der Waals surface area contributed by atoms with Gasteiger partial charge in [-0.1, -0.05) is 42.5 Å². The van der Waals surface area contributed by atoms with Gasteiger partial charge in [0.15, 0.2) is 0 Å². The van der Waals surface area contributed by atoms with Crippen molar-refractivity contribution < 1.29 is 9.90 Å². The van der Waals surface area contributed by atoms with E-state index in [2.05, 4.69) is 42.5 Å². The number of carboxylic acids is 1. The van der Waals surface area contributed by atoms with Gasteiger partial charge in [-0.2, -0.15) is 0 Å². The number of aromatic carboxylic acids is 1. The molecule has 0 atom stereocenters. The lowest BCUT2D eigenvalue weighted by Gasteiger charge is -2.57. The van der Waals surface area contributed by atoms with Crippen LogP contribution >= 0.6 is 0 Å². The highest BCUT2D eigenvalue weighted by atomic mass is 16.4. The highest BCUT2D eigenvalue weighted by Gasteiger charge is 2.51. The van der Waals surface area contributed by atoms with Gasteiger partial charge >= 0.3 is 5.97 Å². The summed E-state index contributed by atoms with van der Waals surface area (Å²) in [7, 11) is 0. The van der Waals surface area contributed by atoms with E-state index in [4.69, 9.17) is 0 Å². The second-order valence-electron chi connectivity index (χ2n) is 9.86. The van der Waals surface area contributed by atoms with Gasteiger partial charge in [0.1, 0.15) is 0 Å². The van der Waals surface area contributed by atoms with Gasteiger partial charge < -0.3 is 5.11 Å². The van der Waals surface area contributed by atoms with Crippen molar-refractivity contribution in [2.24, 2.45) is 17.8 Å². The Hall–Kier alpha value is -2.61. The quantitative estimate of drug-likeness (QED) is 0.549. The van der Waals surface area contributed by atoms with Crippen LogP contribution in [0, 0.1) is 17.8 Å². The summed E-state index contributed by atoms with van der Waals surface area (Å²) in [6.45, 7) is 0. The number of fused-ring (bicyclic) bond motifs is 1. The fourth-order valence-corrected chi connectivity index (χ4v) is 7.05. The summed E-state index contributed by atoms with van der Waals surface area (Å²) in [4.78, 5) is 11.2. The molecule has 0 heterocycles.